The summed E-state index contributed by atoms with van der Waals surface area (Å²) in [6.07, 6.45) is 7.14. The quantitative estimate of drug-likeness (QED) is 0.267. The molecule has 2 saturated carbocycles. The van der Waals surface area contributed by atoms with Crippen molar-refractivity contribution >= 4 is 5.84 Å². The second-order valence-corrected chi connectivity index (χ2v) is 5.54. The Hall–Kier alpha value is -0.770. The molecule has 4 nitrogen and oxygen atoms in total. The van der Waals surface area contributed by atoms with Gasteiger partial charge in [-0.05, 0) is 37.0 Å². The molecule has 2 aliphatic carbocycles. The zero-order valence-electron chi connectivity index (χ0n) is 10.1. The number of hydrogen-bond acceptors (Lipinski definition) is 3. The molecule has 0 aromatic heterocycles. The third kappa shape index (κ3) is 2.88. The highest BCUT2D eigenvalue weighted by molar-refractivity contribution is 5.80. The molecule has 0 aromatic rings. The predicted molar refractivity (Wildman–Crippen MR) is 64.5 cm³/mol. The van der Waals surface area contributed by atoms with Crippen molar-refractivity contribution in [2.45, 2.75) is 51.5 Å². The van der Waals surface area contributed by atoms with Gasteiger partial charge in [-0.2, -0.15) is 0 Å². The van der Waals surface area contributed by atoms with Crippen LogP contribution in [0.2, 0.25) is 0 Å². The summed E-state index contributed by atoms with van der Waals surface area (Å²) in [5.41, 5.74) is 5.87. The summed E-state index contributed by atoms with van der Waals surface area (Å²) >= 11 is 0. The molecular weight excluding hydrogens is 202 g/mol. The van der Waals surface area contributed by atoms with Gasteiger partial charge in [0, 0.05) is 19.0 Å². The van der Waals surface area contributed by atoms with Crippen molar-refractivity contribution in [2.75, 3.05) is 6.54 Å². The van der Waals surface area contributed by atoms with Gasteiger partial charge in [0.15, 0.2) is 0 Å². The molecule has 4 N–H and O–H groups in total. The lowest BCUT2D eigenvalue weighted by Crippen LogP contribution is -2.30. The molecule has 16 heavy (non-hydrogen) atoms. The van der Waals surface area contributed by atoms with Crippen LogP contribution in [0.1, 0.15) is 45.4 Å². The van der Waals surface area contributed by atoms with Crippen LogP contribution in [0, 0.1) is 11.3 Å². The van der Waals surface area contributed by atoms with E-state index in [-0.39, 0.29) is 0 Å². The summed E-state index contributed by atoms with van der Waals surface area (Å²) in [4.78, 5) is 0. The van der Waals surface area contributed by atoms with Gasteiger partial charge in [0.1, 0.15) is 5.84 Å². The molecule has 2 atom stereocenters. The summed E-state index contributed by atoms with van der Waals surface area (Å²) < 4.78 is 0. The third-order valence-corrected chi connectivity index (χ3v) is 3.96. The van der Waals surface area contributed by atoms with Crippen LogP contribution in [0.15, 0.2) is 5.16 Å². The number of nitrogens with one attached hydrogen (secondary N) is 1. The molecule has 2 aliphatic rings. The Balaban J connectivity index is 1.67. The summed E-state index contributed by atoms with van der Waals surface area (Å²) in [7, 11) is 0. The number of nitrogens with two attached hydrogens (primary N) is 1. The van der Waals surface area contributed by atoms with E-state index in [9.17, 15) is 0 Å². The number of nitrogens with zero attached hydrogens (tertiary/aromatic N) is 1. The highest BCUT2D eigenvalue weighted by Crippen LogP contribution is 2.49. The van der Waals surface area contributed by atoms with Gasteiger partial charge < -0.3 is 16.3 Å². The first kappa shape index (κ1) is 11.7. The Bertz CT molecular complexity index is 273. The van der Waals surface area contributed by atoms with Crippen LogP contribution in [-0.4, -0.2) is 23.6 Å². The molecule has 0 aliphatic heterocycles. The van der Waals surface area contributed by atoms with Crippen LogP contribution in [0.4, 0.5) is 0 Å². The maximum Gasteiger partial charge on any atom is 0.139 e. The van der Waals surface area contributed by atoms with Crippen molar-refractivity contribution < 1.29 is 5.21 Å². The Labute approximate surface area is 97.3 Å². The van der Waals surface area contributed by atoms with Gasteiger partial charge in [0.25, 0.3) is 0 Å². The zero-order chi connectivity index (χ0) is 11.6. The summed E-state index contributed by atoms with van der Waals surface area (Å²) in [6.45, 7) is 3.28. The van der Waals surface area contributed by atoms with Crippen molar-refractivity contribution in [1.82, 2.24) is 5.32 Å². The van der Waals surface area contributed by atoms with E-state index in [0.717, 1.165) is 24.9 Å². The molecule has 0 heterocycles. The molecule has 2 fully saturated rings. The Morgan fingerprint density at radius 1 is 1.56 bits per heavy atom. The van der Waals surface area contributed by atoms with Gasteiger partial charge in [0.2, 0.25) is 0 Å². The first-order valence-corrected chi connectivity index (χ1v) is 6.39. The molecule has 0 spiro atoms. The second-order valence-electron chi connectivity index (χ2n) is 5.54. The van der Waals surface area contributed by atoms with Gasteiger partial charge in [-0.25, -0.2) is 0 Å². The Kier molecular flexibility index (Phi) is 3.38. The SMILES string of the molecule is CCCC1CC1NCC1(CC(N)=NO)CC1. The predicted octanol–water partition coefficient (Wildman–Crippen LogP) is 1.68. The molecular formula is C12H23N3O. The van der Waals surface area contributed by atoms with Crippen LogP contribution >= 0.6 is 0 Å². The summed E-state index contributed by atoms with van der Waals surface area (Å²) in [6, 6.07) is 0.740. The summed E-state index contributed by atoms with van der Waals surface area (Å²) in [5, 5.41) is 15.3. The highest BCUT2D eigenvalue weighted by Gasteiger charge is 2.45. The van der Waals surface area contributed by atoms with Crippen molar-refractivity contribution in [3.05, 3.63) is 0 Å². The molecule has 92 valence electrons. The maximum atomic E-state index is 8.57. The number of hydrogen-bond donors (Lipinski definition) is 3. The van der Waals surface area contributed by atoms with Crippen LogP contribution in [0.3, 0.4) is 0 Å². The monoisotopic (exact) mass is 225 g/mol. The van der Waals surface area contributed by atoms with Crippen LogP contribution in [-0.2, 0) is 0 Å². The Morgan fingerprint density at radius 3 is 2.88 bits per heavy atom. The molecule has 0 amide bonds. The lowest BCUT2D eigenvalue weighted by Gasteiger charge is -2.15. The number of rotatable bonds is 7. The van der Waals surface area contributed by atoms with E-state index >= 15 is 0 Å². The van der Waals surface area contributed by atoms with Crippen molar-refractivity contribution in [1.29, 1.82) is 0 Å². The minimum absolute atomic E-state index is 0.301. The van der Waals surface area contributed by atoms with E-state index in [4.69, 9.17) is 10.9 Å². The molecule has 2 unspecified atom stereocenters. The number of oxime groups is 1. The minimum atomic E-state index is 0.301. The molecule has 0 aromatic carbocycles. The zero-order valence-corrected chi connectivity index (χ0v) is 10.1. The highest BCUT2D eigenvalue weighted by atomic mass is 16.4. The van der Waals surface area contributed by atoms with Crippen LogP contribution in [0.25, 0.3) is 0 Å². The second kappa shape index (κ2) is 4.62. The molecule has 0 saturated heterocycles. The topological polar surface area (TPSA) is 70.6 Å². The van der Waals surface area contributed by atoms with Gasteiger partial charge in [-0.15, -0.1) is 0 Å². The lowest BCUT2D eigenvalue weighted by molar-refractivity contribution is 0.314. The van der Waals surface area contributed by atoms with Gasteiger partial charge in [0.05, 0.1) is 0 Å². The van der Waals surface area contributed by atoms with Crippen molar-refractivity contribution in [3.63, 3.8) is 0 Å². The first-order valence-electron chi connectivity index (χ1n) is 6.39. The van der Waals surface area contributed by atoms with Crippen molar-refractivity contribution in [2.24, 2.45) is 22.2 Å². The van der Waals surface area contributed by atoms with E-state index in [1.54, 1.807) is 0 Å². The van der Waals surface area contributed by atoms with Gasteiger partial charge in [-0.1, -0.05) is 18.5 Å². The fourth-order valence-electron chi connectivity index (χ4n) is 2.55. The first-order chi connectivity index (χ1) is 7.69. The maximum absolute atomic E-state index is 8.57. The van der Waals surface area contributed by atoms with Gasteiger partial charge >= 0.3 is 0 Å². The largest absolute Gasteiger partial charge is 0.409 e. The Morgan fingerprint density at radius 2 is 2.31 bits per heavy atom. The van der Waals surface area contributed by atoms with Crippen LogP contribution in [0.5, 0.6) is 0 Å². The average molecular weight is 225 g/mol. The number of amidine groups is 1. The lowest BCUT2D eigenvalue weighted by atomic mass is 10.0. The van der Waals surface area contributed by atoms with E-state index in [2.05, 4.69) is 17.4 Å². The summed E-state index contributed by atoms with van der Waals surface area (Å²) in [5.74, 6) is 1.28. The normalized spacial score (nSPS) is 31.4. The van der Waals surface area contributed by atoms with E-state index in [1.165, 1.54) is 32.1 Å². The van der Waals surface area contributed by atoms with Crippen molar-refractivity contribution in [3.8, 4) is 0 Å². The molecule has 2 rings (SSSR count). The van der Waals surface area contributed by atoms with E-state index in [0.29, 0.717) is 11.3 Å². The van der Waals surface area contributed by atoms with Crippen LogP contribution < -0.4 is 11.1 Å². The van der Waals surface area contributed by atoms with E-state index in [1.807, 2.05) is 0 Å². The fraction of sp³-hybridized carbons (Fsp3) is 0.917. The third-order valence-electron chi connectivity index (χ3n) is 3.96. The smallest absolute Gasteiger partial charge is 0.139 e. The molecule has 0 bridgehead atoms. The van der Waals surface area contributed by atoms with Gasteiger partial charge in [-0.3, -0.25) is 0 Å². The standard InChI is InChI=1S/C12H23N3O/c1-2-3-9-6-10(9)14-8-12(4-5-12)7-11(13)15-16/h9-10,14,16H,2-8H2,1H3,(H2,13,15). The fourth-order valence-corrected chi connectivity index (χ4v) is 2.55. The molecule has 4 heteroatoms. The average Bonchev–Trinajstić information content (AvgIpc) is 3.15. The molecule has 0 radical (unpaired) electrons. The van der Waals surface area contributed by atoms with E-state index < -0.39 is 0 Å². The minimum Gasteiger partial charge on any atom is -0.409 e.